The van der Waals surface area contributed by atoms with Crippen molar-refractivity contribution in [3.8, 4) is 0 Å². The molecular weight excluding hydrogens is 112 g/mol. The van der Waals surface area contributed by atoms with Gasteiger partial charge in [0.05, 0.1) is 0 Å². The molecule has 0 aliphatic heterocycles. The van der Waals surface area contributed by atoms with Crippen molar-refractivity contribution >= 4 is 0 Å². The van der Waals surface area contributed by atoms with Crippen LogP contribution >= 0.6 is 0 Å². The first-order chi connectivity index (χ1) is 4.27. The first-order valence-corrected chi connectivity index (χ1v) is 3.76. The van der Waals surface area contributed by atoms with Crippen molar-refractivity contribution in [3.05, 3.63) is 0 Å². The molecule has 1 aliphatic rings. The molecule has 2 nitrogen and oxygen atoms in total. The quantitative estimate of drug-likeness (QED) is 0.545. The minimum atomic E-state index is 0.245. The fourth-order valence-corrected chi connectivity index (χ4v) is 1.03. The maximum Gasteiger partial charge on any atom is 0.0155 e. The molecule has 54 valence electrons. The highest BCUT2D eigenvalue weighted by Crippen LogP contribution is 2.36. The van der Waals surface area contributed by atoms with Gasteiger partial charge in [-0.25, -0.2) is 0 Å². The van der Waals surface area contributed by atoms with E-state index in [1.54, 1.807) is 0 Å². The third-order valence-corrected chi connectivity index (χ3v) is 2.02. The van der Waals surface area contributed by atoms with Crippen molar-refractivity contribution in [3.63, 3.8) is 0 Å². The normalized spacial score (nSPS) is 22.0. The fraction of sp³-hybridized carbons (Fsp3) is 1.00. The summed E-state index contributed by atoms with van der Waals surface area (Å²) in [5.41, 5.74) is 11.4. The van der Waals surface area contributed by atoms with Crippen LogP contribution in [0, 0.1) is 0 Å². The highest BCUT2D eigenvalue weighted by molar-refractivity contribution is 4.97. The molecule has 2 heteroatoms. The minimum absolute atomic E-state index is 0.245. The zero-order valence-corrected chi connectivity index (χ0v) is 5.90. The van der Waals surface area contributed by atoms with Crippen molar-refractivity contribution < 1.29 is 0 Å². The van der Waals surface area contributed by atoms with E-state index in [0.717, 1.165) is 13.0 Å². The van der Waals surface area contributed by atoms with E-state index in [-0.39, 0.29) is 5.54 Å². The lowest BCUT2D eigenvalue weighted by atomic mass is 10.1. The summed E-state index contributed by atoms with van der Waals surface area (Å²) < 4.78 is 0. The van der Waals surface area contributed by atoms with Gasteiger partial charge in [-0.1, -0.05) is 6.42 Å². The topological polar surface area (TPSA) is 52.0 Å². The molecule has 0 bridgehead atoms. The predicted octanol–water partition coefficient (Wildman–Crippen LogP) is 0.607. The SMILES string of the molecule is NCCCCC1(N)CC1. The van der Waals surface area contributed by atoms with E-state index >= 15 is 0 Å². The Balaban J connectivity index is 1.92. The van der Waals surface area contributed by atoms with Crippen LogP contribution in [0.25, 0.3) is 0 Å². The van der Waals surface area contributed by atoms with Crippen LogP contribution in [0.3, 0.4) is 0 Å². The highest BCUT2D eigenvalue weighted by Gasteiger charge is 2.36. The van der Waals surface area contributed by atoms with Crippen LogP contribution in [0.2, 0.25) is 0 Å². The van der Waals surface area contributed by atoms with Gasteiger partial charge in [0, 0.05) is 5.54 Å². The summed E-state index contributed by atoms with van der Waals surface area (Å²) >= 11 is 0. The summed E-state index contributed by atoms with van der Waals surface area (Å²) in [4.78, 5) is 0. The van der Waals surface area contributed by atoms with Crippen LogP contribution in [0.5, 0.6) is 0 Å². The Hall–Kier alpha value is -0.0800. The molecule has 9 heavy (non-hydrogen) atoms. The molecule has 1 aliphatic carbocycles. The van der Waals surface area contributed by atoms with E-state index in [4.69, 9.17) is 11.5 Å². The molecule has 0 amide bonds. The molecule has 1 fully saturated rings. The van der Waals surface area contributed by atoms with E-state index in [2.05, 4.69) is 0 Å². The zero-order valence-electron chi connectivity index (χ0n) is 5.90. The summed E-state index contributed by atoms with van der Waals surface area (Å²) in [5, 5.41) is 0. The third-order valence-electron chi connectivity index (χ3n) is 2.02. The first-order valence-electron chi connectivity index (χ1n) is 3.76. The van der Waals surface area contributed by atoms with Crippen molar-refractivity contribution in [1.82, 2.24) is 0 Å². The maximum absolute atomic E-state index is 5.85. The second-order valence-electron chi connectivity index (χ2n) is 3.11. The molecule has 0 aromatic rings. The molecule has 0 unspecified atom stereocenters. The highest BCUT2D eigenvalue weighted by atomic mass is 14.8. The molecule has 0 spiro atoms. The Kier molecular flexibility index (Phi) is 2.09. The van der Waals surface area contributed by atoms with Crippen LogP contribution in [-0.4, -0.2) is 12.1 Å². The Bertz CT molecular complexity index is 86.9. The summed E-state index contributed by atoms with van der Waals surface area (Å²) in [5.74, 6) is 0. The van der Waals surface area contributed by atoms with Crippen molar-refractivity contribution in [2.45, 2.75) is 37.6 Å². The average molecular weight is 128 g/mol. The van der Waals surface area contributed by atoms with Gasteiger partial charge in [-0.15, -0.1) is 0 Å². The average Bonchev–Trinajstić information content (AvgIpc) is 2.50. The van der Waals surface area contributed by atoms with Crippen LogP contribution < -0.4 is 11.5 Å². The monoisotopic (exact) mass is 128 g/mol. The van der Waals surface area contributed by atoms with Gasteiger partial charge < -0.3 is 11.5 Å². The molecule has 0 aromatic heterocycles. The number of nitrogens with two attached hydrogens (primary N) is 2. The Morgan fingerprint density at radius 1 is 1.22 bits per heavy atom. The Labute approximate surface area is 56.6 Å². The van der Waals surface area contributed by atoms with Gasteiger partial charge in [0.25, 0.3) is 0 Å². The van der Waals surface area contributed by atoms with Gasteiger partial charge in [0.15, 0.2) is 0 Å². The smallest absolute Gasteiger partial charge is 0.0155 e. The van der Waals surface area contributed by atoms with Crippen molar-refractivity contribution in [2.24, 2.45) is 11.5 Å². The van der Waals surface area contributed by atoms with Gasteiger partial charge in [-0.3, -0.25) is 0 Å². The van der Waals surface area contributed by atoms with Gasteiger partial charge >= 0.3 is 0 Å². The maximum atomic E-state index is 5.85. The van der Waals surface area contributed by atoms with Gasteiger partial charge in [0.1, 0.15) is 0 Å². The van der Waals surface area contributed by atoms with Crippen LogP contribution in [0.15, 0.2) is 0 Å². The molecule has 0 radical (unpaired) electrons. The van der Waals surface area contributed by atoms with Crippen LogP contribution in [-0.2, 0) is 0 Å². The minimum Gasteiger partial charge on any atom is -0.330 e. The Morgan fingerprint density at radius 2 is 1.89 bits per heavy atom. The largest absolute Gasteiger partial charge is 0.330 e. The molecule has 1 rings (SSSR count). The lowest BCUT2D eigenvalue weighted by molar-refractivity contribution is 0.560. The summed E-state index contributed by atoms with van der Waals surface area (Å²) in [6.07, 6.45) is 6.01. The van der Waals surface area contributed by atoms with Crippen molar-refractivity contribution in [2.75, 3.05) is 6.54 Å². The lowest BCUT2D eigenvalue weighted by Crippen LogP contribution is -2.21. The second kappa shape index (κ2) is 2.67. The number of unbranched alkanes of at least 4 members (excludes halogenated alkanes) is 1. The first kappa shape index (κ1) is 7.03. The standard InChI is InChI=1S/C7H16N2/c8-6-2-1-3-7(9)4-5-7/h1-6,8-9H2. The molecule has 0 aromatic carbocycles. The fourth-order valence-electron chi connectivity index (χ4n) is 1.03. The van der Waals surface area contributed by atoms with Gasteiger partial charge in [0.2, 0.25) is 0 Å². The summed E-state index contributed by atoms with van der Waals surface area (Å²) in [6.45, 7) is 0.816. The molecular formula is C7H16N2. The Morgan fingerprint density at radius 3 is 2.33 bits per heavy atom. The molecule has 0 heterocycles. The van der Waals surface area contributed by atoms with Gasteiger partial charge in [-0.2, -0.15) is 0 Å². The van der Waals surface area contributed by atoms with E-state index in [0.29, 0.717) is 0 Å². The van der Waals surface area contributed by atoms with Crippen LogP contribution in [0.4, 0.5) is 0 Å². The molecule has 1 saturated carbocycles. The zero-order chi connectivity index (χ0) is 6.74. The second-order valence-corrected chi connectivity index (χ2v) is 3.11. The number of hydrogen-bond acceptors (Lipinski definition) is 2. The third kappa shape index (κ3) is 2.33. The van der Waals surface area contributed by atoms with Crippen molar-refractivity contribution in [1.29, 1.82) is 0 Å². The van der Waals surface area contributed by atoms with E-state index in [9.17, 15) is 0 Å². The predicted molar refractivity (Wildman–Crippen MR) is 39.1 cm³/mol. The summed E-state index contributed by atoms with van der Waals surface area (Å²) in [7, 11) is 0. The van der Waals surface area contributed by atoms with Gasteiger partial charge in [-0.05, 0) is 32.2 Å². The molecule has 0 atom stereocenters. The van der Waals surface area contributed by atoms with Crippen LogP contribution in [0.1, 0.15) is 32.1 Å². The van der Waals surface area contributed by atoms with E-state index in [1.165, 1.54) is 25.7 Å². The lowest BCUT2D eigenvalue weighted by Gasteiger charge is -2.05. The summed E-state index contributed by atoms with van der Waals surface area (Å²) in [6, 6.07) is 0. The molecule has 0 saturated heterocycles. The number of rotatable bonds is 4. The van der Waals surface area contributed by atoms with E-state index in [1.807, 2.05) is 0 Å². The number of hydrogen-bond donors (Lipinski definition) is 2. The van der Waals surface area contributed by atoms with E-state index < -0.39 is 0 Å². The molecule has 4 N–H and O–H groups in total.